The quantitative estimate of drug-likeness (QED) is 0.827. The van der Waals surface area contributed by atoms with Crippen LogP contribution >= 0.6 is 35.3 Å². The molecule has 7 heteroatoms. The van der Waals surface area contributed by atoms with Crippen LogP contribution < -0.4 is 5.73 Å². The first kappa shape index (κ1) is 18.2. The zero-order valence-electron chi connectivity index (χ0n) is 12.6. The van der Waals surface area contributed by atoms with Gasteiger partial charge in [0.15, 0.2) is 10.9 Å². The highest BCUT2D eigenvalue weighted by atomic mass is 35.5. The molecule has 3 rings (SSSR count). The van der Waals surface area contributed by atoms with Crippen LogP contribution in [-0.2, 0) is 6.54 Å². The third-order valence-corrected chi connectivity index (χ3v) is 5.10. The number of ketones is 1. The molecule has 2 heterocycles. The van der Waals surface area contributed by atoms with Gasteiger partial charge in [-0.25, -0.2) is 4.98 Å². The Bertz CT molecular complexity index is 652. The largest absolute Gasteiger partial charge is 0.375 e. The first-order chi connectivity index (χ1) is 10.6. The standard InChI is InChI=1S/C16H18ClN3OS.ClH/c17-13-3-1-11(2-4-13)15(21)12-5-7-20(8-6-12)10-14-9-19-16(18)22-14;/h1-4,9,12H,5-8,10H2,(H2,18,19);1H. The maximum absolute atomic E-state index is 12.5. The Balaban J connectivity index is 0.00000192. The van der Waals surface area contributed by atoms with E-state index in [1.54, 1.807) is 12.1 Å². The zero-order chi connectivity index (χ0) is 15.5. The Kier molecular flexibility index (Phi) is 6.41. The lowest BCUT2D eigenvalue weighted by molar-refractivity contribution is 0.0835. The molecular weight excluding hydrogens is 353 g/mol. The summed E-state index contributed by atoms with van der Waals surface area (Å²) in [6, 6.07) is 7.19. The van der Waals surface area contributed by atoms with Crippen LogP contribution in [0, 0.1) is 5.92 Å². The number of piperidine rings is 1. The molecule has 1 aliphatic heterocycles. The van der Waals surface area contributed by atoms with Crippen LogP contribution in [0.3, 0.4) is 0 Å². The molecule has 0 spiro atoms. The third-order valence-electron chi connectivity index (χ3n) is 4.04. The van der Waals surface area contributed by atoms with Gasteiger partial charge in [-0.15, -0.1) is 23.7 Å². The topological polar surface area (TPSA) is 59.2 Å². The molecule has 23 heavy (non-hydrogen) atoms. The molecule has 0 amide bonds. The number of nitrogen functional groups attached to an aromatic ring is 1. The number of carbonyl (C=O) groups is 1. The number of Topliss-reactive ketones (excluding diaryl/α,β-unsaturated/α-hetero) is 1. The minimum absolute atomic E-state index is 0. The predicted molar refractivity (Wildman–Crippen MR) is 97.6 cm³/mol. The number of benzene rings is 1. The number of aromatic nitrogens is 1. The molecule has 1 aromatic heterocycles. The minimum atomic E-state index is 0. The Morgan fingerprint density at radius 2 is 1.96 bits per heavy atom. The molecule has 2 N–H and O–H groups in total. The average molecular weight is 372 g/mol. The predicted octanol–water partition coefficient (Wildman–Crippen LogP) is 3.90. The van der Waals surface area contributed by atoms with Crippen molar-refractivity contribution in [3.8, 4) is 0 Å². The number of anilines is 1. The van der Waals surface area contributed by atoms with Crippen LogP contribution in [-0.4, -0.2) is 28.8 Å². The van der Waals surface area contributed by atoms with Gasteiger partial charge in [0.2, 0.25) is 0 Å². The molecule has 0 bridgehead atoms. The number of rotatable bonds is 4. The van der Waals surface area contributed by atoms with Crippen LogP contribution in [0.5, 0.6) is 0 Å². The van der Waals surface area contributed by atoms with Gasteiger partial charge in [0.05, 0.1) is 0 Å². The van der Waals surface area contributed by atoms with E-state index < -0.39 is 0 Å². The van der Waals surface area contributed by atoms with Crippen molar-refractivity contribution in [3.05, 3.63) is 45.9 Å². The molecule has 2 aromatic rings. The van der Waals surface area contributed by atoms with Crippen LogP contribution in [0.1, 0.15) is 28.1 Å². The van der Waals surface area contributed by atoms with E-state index >= 15 is 0 Å². The smallest absolute Gasteiger partial charge is 0.180 e. The molecule has 1 aromatic carbocycles. The number of hydrogen-bond acceptors (Lipinski definition) is 5. The molecule has 0 atom stereocenters. The van der Waals surface area contributed by atoms with Gasteiger partial charge in [0, 0.05) is 34.1 Å². The molecule has 0 aliphatic carbocycles. The fourth-order valence-electron chi connectivity index (χ4n) is 2.82. The lowest BCUT2D eigenvalue weighted by Gasteiger charge is -2.30. The van der Waals surface area contributed by atoms with Crippen LogP contribution in [0.15, 0.2) is 30.5 Å². The van der Waals surface area contributed by atoms with Crippen molar-refractivity contribution in [2.24, 2.45) is 5.92 Å². The Labute approximate surface area is 151 Å². The number of nitrogens with zero attached hydrogens (tertiary/aromatic N) is 2. The molecule has 124 valence electrons. The molecule has 0 radical (unpaired) electrons. The molecule has 1 aliphatic rings. The minimum Gasteiger partial charge on any atom is -0.375 e. The van der Waals surface area contributed by atoms with Gasteiger partial charge in [-0.3, -0.25) is 9.69 Å². The summed E-state index contributed by atoms with van der Waals surface area (Å²) in [5, 5.41) is 1.28. The van der Waals surface area contributed by atoms with E-state index in [9.17, 15) is 4.79 Å². The van der Waals surface area contributed by atoms with Gasteiger partial charge in [-0.2, -0.15) is 0 Å². The second-order valence-electron chi connectivity index (χ2n) is 5.59. The maximum atomic E-state index is 12.5. The number of nitrogens with two attached hydrogens (primary N) is 1. The molecule has 4 nitrogen and oxygen atoms in total. The number of likely N-dealkylation sites (tertiary alicyclic amines) is 1. The summed E-state index contributed by atoms with van der Waals surface area (Å²) in [5.41, 5.74) is 6.42. The summed E-state index contributed by atoms with van der Waals surface area (Å²) in [6.45, 7) is 2.74. The molecule has 0 saturated carbocycles. The maximum Gasteiger partial charge on any atom is 0.180 e. The van der Waals surface area contributed by atoms with E-state index in [-0.39, 0.29) is 24.1 Å². The Morgan fingerprint density at radius 3 is 2.52 bits per heavy atom. The highest BCUT2D eigenvalue weighted by Crippen LogP contribution is 2.25. The van der Waals surface area contributed by atoms with Crippen LogP contribution in [0.25, 0.3) is 0 Å². The highest BCUT2D eigenvalue weighted by molar-refractivity contribution is 7.15. The fourth-order valence-corrected chi connectivity index (χ4v) is 3.67. The van der Waals surface area contributed by atoms with Crippen molar-refractivity contribution < 1.29 is 4.79 Å². The second kappa shape index (κ2) is 8.11. The van der Waals surface area contributed by atoms with Gasteiger partial charge in [-0.05, 0) is 50.2 Å². The molecule has 1 saturated heterocycles. The van der Waals surface area contributed by atoms with Gasteiger partial charge < -0.3 is 5.73 Å². The lowest BCUT2D eigenvalue weighted by atomic mass is 9.89. The molecule has 1 fully saturated rings. The van der Waals surface area contributed by atoms with E-state index in [1.807, 2.05) is 18.3 Å². The third kappa shape index (κ3) is 4.67. The lowest BCUT2D eigenvalue weighted by Crippen LogP contribution is -2.35. The van der Waals surface area contributed by atoms with Crippen molar-refractivity contribution in [2.45, 2.75) is 19.4 Å². The van der Waals surface area contributed by atoms with E-state index in [2.05, 4.69) is 9.88 Å². The molecule has 0 unspecified atom stereocenters. The Hall–Kier alpha value is -1.14. The van der Waals surface area contributed by atoms with E-state index in [0.717, 1.165) is 38.0 Å². The SMILES string of the molecule is Cl.Nc1ncc(CN2CCC(C(=O)c3ccc(Cl)cc3)CC2)s1. The van der Waals surface area contributed by atoms with Gasteiger partial charge in [-0.1, -0.05) is 11.6 Å². The van der Waals surface area contributed by atoms with Gasteiger partial charge in [0.25, 0.3) is 0 Å². The number of halogens is 2. The summed E-state index contributed by atoms with van der Waals surface area (Å²) in [4.78, 5) is 20.1. The van der Waals surface area contributed by atoms with E-state index in [1.165, 1.54) is 16.2 Å². The van der Waals surface area contributed by atoms with E-state index in [4.69, 9.17) is 17.3 Å². The first-order valence-corrected chi connectivity index (χ1v) is 8.53. The monoisotopic (exact) mass is 371 g/mol. The number of thiazole rings is 1. The summed E-state index contributed by atoms with van der Waals surface area (Å²) in [5.74, 6) is 0.349. The second-order valence-corrected chi connectivity index (χ2v) is 7.17. The van der Waals surface area contributed by atoms with Crippen LogP contribution in [0.4, 0.5) is 5.13 Å². The number of hydrogen-bond donors (Lipinski definition) is 1. The van der Waals surface area contributed by atoms with Crippen molar-refractivity contribution in [1.82, 2.24) is 9.88 Å². The first-order valence-electron chi connectivity index (χ1n) is 7.34. The molecular formula is C16H19Cl2N3OS. The van der Waals surface area contributed by atoms with Gasteiger partial charge in [0.1, 0.15) is 0 Å². The van der Waals surface area contributed by atoms with Crippen molar-refractivity contribution in [3.63, 3.8) is 0 Å². The number of carbonyl (C=O) groups excluding carboxylic acids is 1. The average Bonchev–Trinajstić information content (AvgIpc) is 2.93. The van der Waals surface area contributed by atoms with Crippen molar-refractivity contribution >= 4 is 46.3 Å². The summed E-state index contributed by atoms with van der Waals surface area (Å²) in [6.07, 6.45) is 3.64. The summed E-state index contributed by atoms with van der Waals surface area (Å²) >= 11 is 7.40. The summed E-state index contributed by atoms with van der Waals surface area (Å²) < 4.78 is 0. The van der Waals surface area contributed by atoms with Crippen LogP contribution in [0.2, 0.25) is 5.02 Å². The zero-order valence-corrected chi connectivity index (χ0v) is 15.0. The van der Waals surface area contributed by atoms with Gasteiger partial charge >= 0.3 is 0 Å². The van der Waals surface area contributed by atoms with Crippen molar-refractivity contribution in [1.29, 1.82) is 0 Å². The van der Waals surface area contributed by atoms with E-state index in [0.29, 0.717) is 10.2 Å². The summed E-state index contributed by atoms with van der Waals surface area (Å²) in [7, 11) is 0. The Morgan fingerprint density at radius 1 is 1.30 bits per heavy atom. The van der Waals surface area contributed by atoms with Crippen molar-refractivity contribution in [2.75, 3.05) is 18.8 Å². The normalized spacial score (nSPS) is 16.0. The highest BCUT2D eigenvalue weighted by Gasteiger charge is 2.26. The fraction of sp³-hybridized carbons (Fsp3) is 0.375.